The van der Waals surface area contributed by atoms with Gasteiger partial charge in [-0.2, -0.15) is 0 Å². The van der Waals surface area contributed by atoms with Gasteiger partial charge in [-0.3, -0.25) is 0 Å². The fourth-order valence-corrected chi connectivity index (χ4v) is 2.26. The van der Waals surface area contributed by atoms with Crippen molar-refractivity contribution >= 4 is 11.1 Å². The molecule has 92 valence electrons. The Hall–Kier alpha value is -1.82. The monoisotopic (exact) mass is 236 g/mol. The lowest BCUT2D eigenvalue weighted by atomic mass is 9.92. The molecule has 0 saturated heterocycles. The fourth-order valence-electron chi connectivity index (χ4n) is 2.26. The van der Waals surface area contributed by atoms with Crippen LogP contribution in [0.1, 0.15) is 36.1 Å². The van der Waals surface area contributed by atoms with Crippen LogP contribution >= 0.6 is 0 Å². The van der Waals surface area contributed by atoms with E-state index >= 15 is 0 Å². The van der Waals surface area contributed by atoms with Crippen molar-refractivity contribution in [1.82, 2.24) is 0 Å². The fraction of sp³-hybridized carbons (Fsp3) is 0.222. The van der Waals surface area contributed by atoms with E-state index in [1.54, 1.807) is 0 Å². The maximum Gasteiger partial charge on any atom is -0.0193 e. The van der Waals surface area contributed by atoms with E-state index in [2.05, 4.69) is 76.2 Å². The Morgan fingerprint density at radius 2 is 1.39 bits per heavy atom. The molecule has 2 aromatic carbocycles. The van der Waals surface area contributed by atoms with Crippen LogP contribution in [-0.2, 0) is 0 Å². The minimum absolute atomic E-state index is 1.30. The van der Waals surface area contributed by atoms with Gasteiger partial charge in [0.25, 0.3) is 0 Å². The van der Waals surface area contributed by atoms with Crippen LogP contribution in [0.25, 0.3) is 11.1 Å². The van der Waals surface area contributed by atoms with E-state index < -0.39 is 0 Å². The van der Waals surface area contributed by atoms with E-state index in [9.17, 15) is 0 Å². The van der Waals surface area contributed by atoms with Crippen molar-refractivity contribution in [1.29, 1.82) is 0 Å². The average molecular weight is 236 g/mol. The van der Waals surface area contributed by atoms with Crippen LogP contribution < -0.4 is 0 Å². The van der Waals surface area contributed by atoms with Crippen LogP contribution in [0.4, 0.5) is 0 Å². The van der Waals surface area contributed by atoms with Gasteiger partial charge in [-0.25, -0.2) is 0 Å². The van der Waals surface area contributed by atoms with Crippen molar-refractivity contribution in [2.24, 2.45) is 0 Å². The Morgan fingerprint density at radius 3 is 2.06 bits per heavy atom. The van der Waals surface area contributed by atoms with Crippen LogP contribution in [0.2, 0.25) is 0 Å². The Bertz CT molecular complexity index is 574. The van der Waals surface area contributed by atoms with E-state index in [0.717, 1.165) is 0 Å². The summed E-state index contributed by atoms with van der Waals surface area (Å²) in [6.07, 6.45) is 0. The second-order valence-electron chi connectivity index (χ2n) is 4.86. The Labute approximate surface area is 110 Å². The summed E-state index contributed by atoms with van der Waals surface area (Å²) < 4.78 is 0. The lowest BCUT2D eigenvalue weighted by Crippen LogP contribution is -1.92. The molecule has 0 aromatic heterocycles. The third kappa shape index (κ3) is 2.38. The van der Waals surface area contributed by atoms with Crippen molar-refractivity contribution in [3.63, 3.8) is 0 Å². The van der Waals surface area contributed by atoms with E-state index in [0.29, 0.717) is 0 Å². The molecule has 0 aliphatic carbocycles. The van der Waals surface area contributed by atoms with Crippen LogP contribution in [0.15, 0.2) is 48.5 Å². The van der Waals surface area contributed by atoms with Crippen molar-refractivity contribution in [3.8, 4) is 0 Å². The Kier molecular flexibility index (Phi) is 3.66. The Balaban J connectivity index is 2.54. The summed E-state index contributed by atoms with van der Waals surface area (Å²) in [6, 6.07) is 17.1. The molecule has 0 amide bonds. The minimum atomic E-state index is 1.30. The number of aryl methyl sites for hydroxylation is 1. The van der Waals surface area contributed by atoms with Gasteiger partial charge >= 0.3 is 0 Å². The zero-order valence-corrected chi connectivity index (χ0v) is 11.6. The molecule has 2 rings (SSSR count). The minimum Gasteiger partial charge on any atom is -0.0622 e. The number of allylic oxidation sites excluding steroid dienone is 2. The highest BCUT2D eigenvalue weighted by Gasteiger charge is 2.06. The van der Waals surface area contributed by atoms with Crippen molar-refractivity contribution < 1.29 is 0 Å². The van der Waals surface area contributed by atoms with E-state index in [1.165, 1.54) is 33.4 Å². The van der Waals surface area contributed by atoms with Crippen molar-refractivity contribution in [2.75, 3.05) is 0 Å². The molecule has 0 nitrogen and oxygen atoms in total. The summed E-state index contributed by atoms with van der Waals surface area (Å²) in [7, 11) is 0. The molecule has 0 aliphatic rings. The maximum atomic E-state index is 2.21. The van der Waals surface area contributed by atoms with Crippen molar-refractivity contribution in [3.05, 3.63) is 70.8 Å². The van der Waals surface area contributed by atoms with Gasteiger partial charge in [0.15, 0.2) is 0 Å². The quantitative estimate of drug-likeness (QED) is 0.624. The molecule has 0 spiro atoms. The van der Waals surface area contributed by atoms with Crippen LogP contribution in [0.5, 0.6) is 0 Å². The molecule has 0 N–H and O–H groups in total. The van der Waals surface area contributed by atoms with Gasteiger partial charge in [-0.15, -0.1) is 0 Å². The molecule has 0 unspecified atom stereocenters. The molecular formula is C18H20. The number of benzene rings is 2. The predicted molar refractivity (Wildman–Crippen MR) is 80.5 cm³/mol. The van der Waals surface area contributed by atoms with Gasteiger partial charge in [0.2, 0.25) is 0 Å². The first-order chi connectivity index (χ1) is 8.61. The lowest BCUT2D eigenvalue weighted by Gasteiger charge is -2.13. The SMILES string of the molecule is CC(=C(C)c1cccc(C)c1C)c1ccccc1. The highest BCUT2D eigenvalue weighted by atomic mass is 14.1. The summed E-state index contributed by atoms with van der Waals surface area (Å²) in [6.45, 7) is 8.78. The molecule has 0 aliphatic heterocycles. The van der Waals surface area contributed by atoms with Crippen LogP contribution in [-0.4, -0.2) is 0 Å². The number of hydrogen-bond acceptors (Lipinski definition) is 0. The first kappa shape index (κ1) is 12.6. The zero-order chi connectivity index (χ0) is 13.1. The molecule has 0 heterocycles. The van der Waals surface area contributed by atoms with Gasteiger partial charge in [-0.05, 0) is 61.1 Å². The van der Waals surface area contributed by atoms with Crippen LogP contribution in [0, 0.1) is 13.8 Å². The standard InChI is InChI=1S/C18H20/c1-13-9-8-12-18(14(13)2)16(4)15(3)17-10-6-5-7-11-17/h5-12H,1-4H3. The smallest absolute Gasteiger partial charge is 0.0193 e. The van der Waals surface area contributed by atoms with E-state index in [4.69, 9.17) is 0 Å². The third-order valence-electron chi connectivity index (χ3n) is 3.78. The highest BCUT2D eigenvalue weighted by molar-refractivity contribution is 5.89. The molecule has 18 heavy (non-hydrogen) atoms. The van der Waals surface area contributed by atoms with E-state index in [1.807, 2.05) is 0 Å². The lowest BCUT2D eigenvalue weighted by molar-refractivity contribution is 1.31. The second-order valence-corrected chi connectivity index (χ2v) is 4.86. The molecule has 0 radical (unpaired) electrons. The molecule has 0 heteroatoms. The number of rotatable bonds is 2. The zero-order valence-electron chi connectivity index (χ0n) is 11.6. The van der Waals surface area contributed by atoms with Crippen LogP contribution in [0.3, 0.4) is 0 Å². The summed E-state index contributed by atoms with van der Waals surface area (Å²) in [4.78, 5) is 0. The van der Waals surface area contributed by atoms with Crippen molar-refractivity contribution in [2.45, 2.75) is 27.7 Å². The molecule has 0 fully saturated rings. The first-order valence-electron chi connectivity index (χ1n) is 6.40. The normalized spacial score (nSPS) is 12.2. The average Bonchev–Trinajstić information content (AvgIpc) is 2.41. The Morgan fingerprint density at radius 1 is 0.722 bits per heavy atom. The van der Waals surface area contributed by atoms with Gasteiger partial charge in [0, 0.05) is 0 Å². The molecule has 0 bridgehead atoms. The molecule has 0 atom stereocenters. The summed E-state index contributed by atoms with van der Waals surface area (Å²) in [5.74, 6) is 0. The second kappa shape index (κ2) is 5.22. The van der Waals surface area contributed by atoms with Gasteiger partial charge < -0.3 is 0 Å². The summed E-state index contributed by atoms with van der Waals surface area (Å²) in [5, 5.41) is 0. The first-order valence-corrected chi connectivity index (χ1v) is 6.40. The number of hydrogen-bond donors (Lipinski definition) is 0. The molecule has 0 saturated carbocycles. The third-order valence-corrected chi connectivity index (χ3v) is 3.78. The van der Waals surface area contributed by atoms with Gasteiger partial charge in [0.1, 0.15) is 0 Å². The summed E-state index contributed by atoms with van der Waals surface area (Å²) >= 11 is 0. The molecular weight excluding hydrogens is 216 g/mol. The maximum absolute atomic E-state index is 2.21. The van der Waals surface area contributed by atoms with E-state index in [-0.39, 0.29) is 0 Å². The summed E-state index contributed by atoms with van der Waals surface area (Å²) in [5.41, 5.74) is 8.11. The van der Waals surface area contributed by atoms with Gasteiger partial charge in [0.05, 0.1) is 0 Å². The predicted octanol–water partition coefficient (Wildman–Crippen LogP) is 5.25. The highest BCUT2D eigenvalue weighted by Crippen LogP contribution is 2.28. The molecule has 2 aromatic rings. The van der Waals surface area contributed by atoms with Gasteiger partial charge in [-0.1, -0.05) is 48.5 Å². The largest absolute Gasteiger partial charge is 0.0622 e. The topological polar surface area (TPSA) is 0 Å².